The molecule has 2 aromatic carbocycles. The number of amides is 1. The summed E-state index contributed by atoms with van der Waals surface area (Å²) in [6, 6.07) is 19.9. The fraction of sp³-hybridized carbons (Fsp3) is 0.250. The fourth-order valence-electron chi connectivity index (χ4n) is 3.22. The second kappa shape index (κ2) is 10.7. The van der Waals surface area contributed by atoms with Gasteiger partial charge >= 0.3 is 5.97 Å². The summed E-state index contributed by atoms with van der Waals surface area (Å²) in [6.07, 6.45) is 1.01. The maximum atomic E-state index is 12.4. The fourth-order valence-corrected chi connectivity index (χ4v) is 4.07. The third-order valence-electron chi connectivity index (χ3n) is 5.00. The van der Waals surface area contributed by atoms with Crippen molar-refractivity contribution in [3.63, 3.8) is 0 Å². The predicted octanol–water partition coefficient (Wildman–Crippen LogP) is 3.07. The first-order valence-corrected chi connectivity index (χ1v) is 10.9. The van der Waals surface area contributed by atoms with E-state index in [0.29, 0.717) is 18.7 Å². The smallest absolute Gasteiger partial charge is 0.337 e. The van der Waals surface area contributed by atoms with Crippen LogP contribution in [0.1, 0.15) is 44.9 Å². The lowest BCUT2D eigenvalue weighted by Crippen LogP contribution is -2.87. The normalized spacial score (nSPS) is 11.7. The number of quaternary nitrogens is 1. The van der Waals surface area contributed by atoms with E-state index < -0.39 is 0 Å². The third kappa shape index (κ3) is 5.78. The molecule has 0 fully saturated rings. The number of rotatable bonds is 9. The monoisotopic (exact) mass is 423 g/mol. The van der Waals surface area contributed by atoms with Gasteiger partial charge in [-0.2, -0.15) is 0 Å². The number of aryl methyl sites for hydroxylation is 1. The molecule has 0 aliphatic carbocycles. The van der Waals surface area contributed by atoms with Crippen LogP contribution in [0.4, 0.5) is 0 Å². The second-order valence-electron chi connectivity index (χ2n) is 6.99. The Balaban J connectivity index is 1.57. The number of hydrogen-bond acceptors (Lipinski definition) is 4. The molecule has 0 saturated heterocycles. The SMILES string of the molecule is CCc1ccc([C@H]([NH2+]CC(=O)NCc2ccc(C(=O)OC)cc2)c2cccs2)cc1. The Morgan fingerprint density at radius 3 is 2.33 bits per heavy atom. The molecule has 6 heteroatoms. The molecule has 3 aromatic rings. The molecule has 0 bridgehead atoms. The number of benzene rings is 2. The molecule has 5 nitrogen and oxygen atoms in total. The average molecular weight is 424 g/mol. The summed E-state index contributed by atoms with van der Waals surface area (Å²) in [7, 11) is 1.36. The number of carbonyl (C=O) groups is 2. The van der Waals surface area contributed by atoms with E-state index in [0.717, 1.165) is 12.0 Å². The molecule has 156 valence electrons. The zero-order chi connectivity index (χ0) is 21.3. The zero-order valence-electron chi connectivity index (χ0n) is 17.3. The first-order chi connectivity index (χ1) is 14.6. The minimum absolute atomic E-state index is 0.0289. The number of nitrogens with one attached hydrogen (secondary N) is 1. The van der Waals surface area contributed by atoms with Crippen molar-refractivity contribution in [1.29, 1.82) is 0 Å². The van der Waals surface area contributed by atoms with Crippen molar-refractivity contribution in [3.8, 4) is 0 Å². The van der Waals surface area contributed by atoms with E-state index in [-0.39, 0.29) is 17.9 Å². The first-order valence-electron chi connectivity index (χ1n) is 10.00. The standard InChI is InChI=1S/C24H26N2O3S/c1-3-17-6-10-19(11-7-17)23(21-5-4-14-30-21)26-16-22(27)25-15-18-8-12-20(13-9-18)24(28)29-2/h4-14,23,26H,3,15-16H2,1-2H3,(H,25,27)/p+1/t23-/m0/s1. The highest BCUT2D eigenvalue weighted by molar-refractivity contribution is 7.10. The predicted molar refractivity (Wildman–Crippen MR) is 118 cm³/mol. The van der Waals surface area contributed by atoms with Crippen molar-refractivity contribution in [3.05, 3.63) is 93.2 Å². The Morgan fingerprint density at radius 2 is 1.73 bits per heavy atom. The third-order valence-corrected chi connectivity index (χ3v) is 5.96. The van der Waals surface area contributed by atoms with Crippen LogP contribution in [0.5, 0.6) is 0 Å². The molecule has 3 N–H and O–H groups in total. The molecular weight excluding hydrogens is 396 g/mol. The highest BCUT2D eigenvalue weighted by Gasteiger charge is 2.20. The summed E-state index contributed by atoms with van der Waals surface area (Å²) in [5, 5.41) is 7.09. The lowest BCUT2D eigenvalue weighted by atomic mass is 10.0. The van der Waals surface area contributed by atoms with E-state index in [1.165, 1.54) is 23.1 Å². The molecule has 1 amide bonds. The van der Waals surface area contributed by atoms with Crippen molar-refractivity contribution >= 4 is 23.2 Å². The molecule has 3 rings (SSSR count). The summed E-state index contributed by atoms with van der Waals surface area (Å²) in [6.45, 7) is 2.90. The maximum absolute atomic E-state index is 12.4. The topological polar surface area (TPSA) is 72.0 Å². The molecular formula is C24H27N2O3S+. The van der Waals surface area contributed by atoms with Crippen molar-refractivity contribution in [2.75, 3.05) is 13.7 Å². The van der Waals surface area contributed by atoms with E-state index in [2.05, 4.69) is 53.3 Å². The number of ether oxygens (including phenoxy) is 1. The Labute approximate surface area is 181 Å². The lowest BCUT2D eigenvalue weighted by Gasteiger charge is -2.15. The summed E-state index contributed by atoms with van der Waals surface area (Å²) in [5.74, 6) is -0.398. The Kier molecular flexibility index (Phi) is 7.76. The Bertz CT molecular complexity index is 951. The van der Waals surface area contributed by atoms with E-state index in [9.17, 15) is 9.59 Å². The molecule has 0 unspecified atom stereocenters. The zero-order valence-corrected chi connectivity index (χ0v) is 18.1. The minimum Gasteiger partial charge on any atom is -0.465 e. The molecule has 30 heavy (non-hydrogen) atoms. The maximum Gasteiger partial charge on any atom is 0.337 e. The Hall–Kier alpha value is -2.96. The highest BCUT2D eigenvalue weighted by atomic mass is 32.1. The van der Waals surface area contributed by atoms with Gasteiger partial charge in [-0.05, 0) is 41.1 Å². The molecule has 0 aliphatic heterocycles. The van der Waals surface area contributed by atoms with Crippen molar-refractivity contribution < 1.29 is 19.6 Å². The van der Waals surface area contributed by atoms with E-state index in [1.807, 2.05) is 18.2 Å². The quantitative estimate of drug-likeness (QED) is 0.520. The molecule has 1 heterocycles. The molecule has 0 spiro atoms. The van der Waals surface area contributed by atoms with Crippen LogP contribution in [0, 0.1) is 0 Å². The number of hydrogen-bond donors (Lipinski definition) is 2. The molecule has 1 aromatic heterocycles. The van der Waals surface area contributed by atoms with Crippen LogP contribution in [-0.4, -0.2) is 25.5 Å². The average Bonchev–Trinajstić information content (AvgIpc) is 3.32. The number of esters is 1. The lowest BCUT2D eigenvalue weighted by molar-refractivity contribution is -0.676. The minimum atomic E-state index is -0.369. The van der Waals surface area contributed by atoms with Gasteiger partial charge in [0.25, 0.3) is 5.91 Å². The summed E-state index contributed by atoms with van der Waals surface area (Å²) in [4.78, 5) is 25.2. The van der Waals surface area contributed by atoms with Gasteiger partial charge in [0.05, 0.1) is 17.6 Å². The largest absolute Gasteiger partial charge is 0.465 e. The van der Waals surface area contributed by atoms with Gasteiger partial charge < -0.3 is 15.4 Å². The van der Waals surface area contributed by atoms with Gasteiger partial charge in [0.15, 0.2) is 6.54 Å². The molecule has 0 saturated carbocycles. The molecule has 0 aliphatic rings. The number of nitrogens with two attached hydrogens (primary N) is 1. The van der Waals surface area contributed by atoms with E-state index >= 15 is 0 Å². The van der Waals surface area contributed by atoms with Gasteiger partial charge in [0.1, 0.15) is 6.04 Å². The van der Waals surface area contributed by atoms with Gasteiger partial charge in [0, 0.05) is 12.1 Å². The van der Waals surface area contributed by atoms with Crippen molar-refractivity contribution in [2.45, 2.75) is 25.9 Å². The first kappa shape index (κ1) is 21.7. The van der Waals surface area contributed by atoms with Crippen molar-refractivity contribution in [2.24, 2.45) is 0 Å². The highest BCUT2D eigenvalue weighted by Crippen LogP contribution is 2.23. The van der Waals surface area contributed by atoms with Crippen LogP contribution in [0.25, 0.3) is 0 Å². The van der Waals surface area contributed by atoms with Gasteiger partial charge in [0.2, 0.25) is 0 Å². The van der Waals surface area contributed by atoms with Crippen LogP contribution in [-0.2, 0) is 22.5 Å². The van der Waals surface area contributed by atoms with Crippen LogP contribution < -0.4 is 10.6 Å². The summed E-state index contributed by atoms with van der Waals surface area (Å²) < 4.78 is 4.70. The number of methoxy groups -OCH3 is 1. The van der Waals surface area contributed by atoms with Gasteiger partial charge in [-0.1, -0.05) is 49.4 Å². The van der Waals surface area contributed by atoms with E-state index in [4.69, 9.17) is 4.74 Å². The van der Waals surface area contributed by atoms with Crippen molar-refractivity contribution in [1.82, 2.24) is 5.32 Å². The van der Waals surface area contributed by atoms with Crippen LogP contribution in [0.3, 0.4) is 0 Å². The summed E-state index contributed by atoms with van der Waals surface area (Å²) in [5.41, 5.74) is 3.93. The summed E-state index contributed by atoms with van der Waals surface area (Å²) >= 11 is 1.70. The number of thiophene rings is 1. The Morgan fingerprint density at radius 1 is 1.03 bits per heavy atom. The van der Waals surface area contributed by atoms with E-state index in [1.54, 1.807) is 23.5 Å². The second-order valence-corrected chi connectivity index (χ2v) is 7.97. The molecule has 0 radical (unpaired) electrons. The number of carbonyl (C=O) groups excluding carboxylic acids is 2. The van der Waals surface area contributed by atoms with Crippen LogP contribution in [0.15, 0.2) is 66.0 Å². The van der Waals surface area contributed by atoms with Gasteiger partial charge in [-0.3, -0.25) is 4.79 Å². The molecule has 1 atom stereocenters. The van der Waals surface area contributed by atoms with Gasteiger partial charge in [-0.15, -0.1) is 11.3 Å². The van der Waals surface area contributed by atoms with Gasteiger partial charge in [-0.25, -0.2) is 4.79 Å². The van der Waals surface area contributed by atoms with Crippen LogP contribution >= 0.6 is 11.3 Å². The van der Waals surface area contributed by atoms with Crippen LogP contribution in [0.2, 0.25) is 0 Å².